The van der Waals surface area contributed by atoms with Gasteiger partial charge in [0.15, 0.2) is 0 Å². The van der Waals surface area contributed by atoms with Crippen molar-refractivity contribution >= 4 is 81.3 Å². The highest BCUT2D eigenvalue weighted by molar-refractivity contribution is 7.25. The highest BCUT2D eigenvalue weighted by Gasteiger charge is 2.20. The summed E-state index contributed by atoms with van der Waals surface area (Å²) in [5, 5.41) is 7.36. The Labute approximate surface area is 322 Å². The summed E-state index contributed by atoms with van der Waals surface area (Å²) in [6.07, 6.45) is 0. The minimum Gasteiger partial charge on any atom is -0.456 e. The third kappa shape index (κ3) is 5.40. The minimum atomic E-state index is 0.886. The Hall–Kier alpha value is -6.94. The Morgan fingerprint density at radius 2 is 0.927 bits per heavy atom. The molecule has 0 saturated carbocycles. The van der Waals surface area contributed by atoms with Gasteiger partial charge in [-0.15, -0.1) is 11.3 Å². The molecule has 2 aromatic heterocycles. The zero-order valence-electron chi connectivity index (χ0n) is 29.8. The molecule has 2 heterocycles. The third-order valence-electron chi connectivity index (χ3n) is 10.9. The Bertz CT molecular complexity index is 3240. The van der Waals surface area contributed by atoms with Gasteiger partial charge >= 0.3 is 0 Å². The van der Waals surface area contributed by atoms with Crippen LogP contribution in [0.2, 0.25) is 0 Å². The molecule has 3 heteroatoms. The molecule has 258 valence electrons. The fraction of sp³-hybridized carbons (Fsp3) is 0. The number of hydrogen-bond donors (Lipinski definition) is 0. The van der Waals surface area contributed by atoms with Crippen LogP contribution in [-0.4, -0.2) is 0 Å². The maximum Gasteiger partial charge on any atom is 0.136 e. The molecule has 0 radical (unpaired) electrons. The molecule has 0 unspecified atom stereocenters. The van der Waals surface area contributed by atoms with Crippen molar-refractivity contribution < 1.29 is 4.42 Å². The molecule has 55 heavy (non-hydrogen) atoms. The van der Waals surface area contributed by atoms with Gasteiger partial charge in [0.25, 0.3) is 0 Å². The molecule has 0 aliphatic rings. The molecule has 2 nitrogen and oxygen atoms in total. The van der Waals surface area contributed by atoms with Gasteiger partial charge in [-0.3, -0.25) is 0 Å². The lowest BCUT2D eigenvalue weighted by Crippen LogP contribution is -2.11. The largest absolute Gasteiger partial charge is 0.456 e. The number of rotatable bonds is 6. The first-order chi connectivity index (χ1) is 27.2. The molecule has 0 saturated heterocycles. The molecule has 0 amide bonds. The first kappa shape index (κ1) is 31.6. The van der Waals surface area contributed by atoms with Gasteiger partial charge < -0.3 is 9.32 Å². The lowest BCUT2D eigenvalue weighted by molar-refractivity contribution is 0.669. The number of benzene rings is 9. The van der Waals surface area contributed by atoms with Crippen molar-refractivity contribution in [2.24, 2.45) is 0 Å². The monoisotopic (exact) mass is 719 g/mol. The Morgan fingerprint density at radius 3 is 1.84 bits per heavy atom. The van der Waals surface area contributed by atoms with E-state index < -0.39 is 0 Å². The highest BCUT2D eigenvalue weighted by Crippen LogP contribution is 2.45. The second-order valence-corrected chi connectivity index (χ2v) is 15.2. The van der Waals surface area contributed by atoms with E-state index in [0.717, 1.165) is 50.1 Å². The smallest absolute Gasteiger partial charge is 0.136 e. The maximum absolute atomic E-state index is 6.39. The third-order valence-corrected chi connectivity index (χ3v) is 12.0. The van der Waals surface area contributed by atoms with Crippen molar-refractivity contribution in [1.82, 2.24) is 0 Å². The van der Waals surface area contributed by atoms with Crippen LogP contribution in [0.5, 0.6) is 0 Å². The van der Waals surface area contributed by atoms with Crippen molar-refractivity contribution in [2.75, 3.05) is 4.90 Å². The van der Waals surface area contributed by atoms with E-state index in [0.29, 0.717) is 0 Å². The van der Waals surface area contributed by atoms with Gasteiger partial charge in [-0.25, -0.2) is 0 Å². The summed E-state index contributed by atoms with van der Waals surface area (Å²) in [6, 6.07) is 72.3. The first-order valence-electron chi connectivity index (χ1n) is 18.7. The van der Waals surface area contributed by atoms with E-state index in [2.05, 4.69) is 193 Å². The summed E-state index contributed by atoms with van der Waals surface area (Å²) in [5.74, 6) is 0. The average Bonchev–Trinajstić information content (AvgIpc) is 3.82. The quantitative estimate of drug-likeness (QED) is 0.170. The van der Waals surface area contributed by atoms with Crippen LogP contribution in [-0.2, 0) is 0 Å². The Kier molecular flexibility index (Phi) is 7.39. The molecular formula is C52H33NOS. The minimum absolute atomic E-state index is 0.886. The van der Waals surface area contributed by atoms with Crippen LogP contribution in [0.25, 0.3) is 86.3 Å². The molecule has 11 aromatic rings. The predicted molar refractivity (Wildman–Crippen MR) is 235 cm³/mol. The van der Waals surface area contributed by atoms with E-state index in [1.54, 1.807) is 0 Å². The zero-order chi connectivity index (χ0) is 36.3. The van der Waals surface area contributed by atoms with Crippen LogP contribution in [0.4, 0.5) is 17.1 Å². The normalized spacial score (nSPS) is 11.6. The number of furan rings is 1. The van der Waals surface area contributed by atoms with Crippen LogP contribution in [0.3, 0.4) is 0 Å². The number of anilines is 3. The average molecular weight is 720 g/mol. The van der Waals surface area contributed by atoms with Gasteiger partial charge in [0.05, 0.1) is 5.69 Å². The molecular weight excluding hydrogens is 687 g/mol. The van der Waals surface area contributed by atoms with Crippen LogP contribution < -0.4 is 4.90 Å². The van der Waals surface area contributed by atoms with Gasteiger partial charge in [0.2, 0.25) is 0 Å². The molecule has 9 aromatic carbocycles. The predicted octanol–water partition coefficient (Wildman–Crippen LogP) is 15.6. The second kappa shape index (κ2) is 12.9. The fourth-order valence-electron chi connectivity index (χ4n) is 8.25. The van der Waals surface area contributed by atoms with Crippen molar-refractivity contribution in [1.29, 1.82) is 0 Å². The van der Waals surface area contributed by atoms with Crippen molar-refractivity contribution in [3.8, 4) is 33.4 Å². The number of nitrogens with zero attached hydrogens (tertiary/aromatic N) is 1. The lowest BCUT2D eigenvalue weighted by atomic mass is 9.96. The molecule has 0 atom stereocenters. The number of fused-ring (bicyclic) bond motifs is 7. The van der Waals surface area contributed by atoms with Crippen LogP contribution in [0, 0.1) is 0 Å². The number of hydrogen-bond acceptors (Lipinski definition) is 3. The Morgan fingerprint density at radius 1 is 0.345 bits per heavy atom. The summed E-state index contributed by atoms with van der Waals surface area (Å²) in [4.78, 5) is 2.41. The number of thiophene rings is 1. The van der Waals surface area contributed by atoms with E-state index in [1.807, 2.05) is 23.5 Å². The SMILES string of the molecule is c1cc(-c2ccc3c(c2)sc2ccccc23)cc(N(c2cccc(-c3cccc4ccccc34)c2)c2ccccc2-c2ccc3c(c2)oc2ccccc23)c1. The van der Waals surface area contributed by atoms with Gasteiger partial charge in [-0.2, -0.15) is 0 Å². The summed E-state index contributed by atoms with van der Waals surface area (Å²) in [6.45, 7) is 0. The van der Waals surface area contributed by atoms with E-state index in [-0.39, 0.29) is 0 Å². The standard InChI is InChI=1S/C52H33NOS/c1-2-18-41-34(12-1)13-11-22-42(41)37-15-10-17-40(31-37)53(39-16-9-14-35(30-39)36-26-29-47-46-21-5-8-25-51(46)55-52(47)33-36)48-23-6-3-19-43(48)38-27-28-45-44-20-4-7-24-49(44)54-50(45)32-38/h1-33H. The topological polar surface area (TPSA) is 16.4 Å². The second-order valence-electron chi connectivity index (χ2n) is 14.1. The first-order valence-corrected chi connectivity index (χ1v) is 19.5. The fourth-order valence-corrected chi connectivity index (χ4v) is 9.40. The van der Waals surface area contributed by atoms with E-state index in [4.69, 9.17) is 4.42 Å². The molecule has 0 fully saturated rings. The maximum atomic E-state index is 6.39. The zero-order valence-corrected chi connectivity index (χ0v) is 30.6. The molecule has 0 N–H and O–H groups in total. The van der Waals surface area contributed by atoms with Crippen LogP contribution in [0.1, 0.15) is 0 Å². The van der Waals surface area contributed by atoms with Gasteiger partial charge in [0.1, 0.15) is 11.2 Å². The lowest BCUT2D eigenvalue weighted by Gasteiger charge is -2.29. The van der Waals surface area contributed by atoms with Crippen LogP contribution >= 0.6 is 11.3 Å². The molecule has 0 aliphatic carbocycles. The van der Waals surface area contributed by atoms with Crippen molar-refractivity contribution in [2.45, 2.75) is 0 Å². The van der Waals surface area contributed by atoms with E-state index in [9.17, 15) is 0 Å². The molecule has 0 aliphatic heterocycles. The van der Waals surface area contributed by atoms with Gasteiger partial charge in [-0.05, 0) is 99.3 Å². The molecule has 11 rings (SSSR count). The van der Waals surface area contributed by atoms with Gasteiger partial charge in [0, 0.05) is 47.9 Å². The molecule has 0 bridgehead atoms. The number of para-hydroxylation sites is 2. The van der Waals surface area contributed by atoms with Gasteiger partial charge in [-0.1, -0.05) is 140 Å². The summed E-state index contributed by atoms with van der Waals surface area (Å²) in [7, 11) is 0. The summed E-state index contributed by atoms with van der Waals surface area (Å²) in [5.41, 5.74) is 12.0. The Balaban J connectivity index is 1.10. The molecule has 0 spiro atoms. The highest BCUT2D eigenvalue weighted by atomic mass is 32.1. The summed E-state index contributed by atoms with van der Waals surface area (Å²) >= 11 is 1.86. The van der Waals surface area contributed by atoms with E-state index in [1.165, 1.54) is 53.2 Å². The van der Waals surface area contributed by atoms with E-state index >= 15 is 0 Å². The van der Waals surface area contributed by atoms with Crippen LogP contribution in [0.15, 0.2) is 205 Å². The van der Waals surface area contributed by atoms with Crippen molar-refractivity contribution in [3.05, 3.63) is 200 Å². The van der Waals surface area contributed by atoms with Crippen molar-refractivity contribution in [3.63, 3.8) is 0 Å². The summed E-state index contributed by atoms with van der Waals surface area (Å²) < 4.78 is 9.00.